The van der Waals surface area contributed by atoms with Gasteiger partial charge in [0.05, 0.1) is 13.1 Å². The van der Waals surface area contributed by atoms with Gasteiger partial charge in [0.15, 0.2) is 0 Å². The van der Waals surface area contributed by atoms with Crippen molar-refractivity contribution in [1.29, 1.82) is 0 Å². The molecule has 0 spiro atoms. The number of benzene rings is 1. The lowest BCUT2D eigenvalue weighted by molar-refractivity contribution is -0.127. The zero-order valence-corrected chi connectivity index (χ0v) is 23.4. The van der Waals surface area contributed by atoms with Gasteiger partial charge < -0.3 is 24.7 Å². The van der Waals surface area contributed by atoms with E-state index in [9.17, 15) is 15.0 Å². The number of aryl methyl sites for hydroxylation is 1. The molecule has 0 bridgehead atoms. The fourth-order valence-electron chi connectivity index (χ4n) is 5.82. The number of aromatic nitrogens is 1. The summed E-state index contributed by atoms with van der Waals surface area (Å²) >= 11 is 0. The van der Waals surface area contributed by atoms with Crippen molar-refractivity contribution < 1.29 is 19.7 Å². The van der Waals surface area contributed by atoms with Crippen LogP contribution in [0.3, 0.4) is 0 Å². The van der Waals surface area contributed by atoms with Crippen molar-refractivity contribution in [2.24, 2.45) is 5.41 Å². The third-order valence-electron chi connectivity index (χ3n) is 7.82. The Hall–Kier alpha value is -2.48. The number of β-amino-alcohol motifs (C(OH)–C–C–N with tert-alkyl or cyclic N) is 1. The number of ether oxygens (including phenoxy) is 1. The van der Waals surface area contributed by atoms with Gasteiger partial charge in [-0.1, -0.05) is 45.0 Å². The molecule has 2 aromatic rings. The van der Waals surface area contributed by atoms with E-state index in [1.807, 2.05) is 39.0 Å². The second kappa shape index (κ2) is 9.68. The lowest BCUT2D eigenvalue weighted by Crippen LogP contribution is -2.64. The highest BCUT2D eigenvalue weighted by atomic mass is 16.6. The summed E-state index contributed by atoms with van der Waals surface area (Å²) in [4.78, 5) is 20.5. The number of hydrogen-bond donors (Lipinski definition) is 2. The topological polar surface area (TPSA) is 86.1 Å². The van der Waals surface area contributed by atoms with Crippen molar-refractivity contribution in [3.63, 3.8) is 0 Å². The van der Waals surface area contributed by atoms with E-state index >= 15 is 0 Å². The molecule has 1 amide bonds. The highest BCUT2D eigenvalue weighted by molar-refractivity contribution is 5.69. The Balaban J connectivity index is 1.51. The number of pyridine rings is 1. The van der Waals surface area contributed by atoms with Crippen LogP contribution >= 0.6 is 0 Å². The Morgan fingerprint density at radius 3 is 2.24 bits per heavy atom. The fraction of sp³-hybridized carbons (Fsp3) is 0.600. The molecule has 2 aliphatic rings. The predicted octanol–water partition coefficient (Wildman–Crippen LogP) is 4.31. The minimum Gasteiger partial charge on any atom is -0.444 e. The van der Waals surface area contributed by atoms with Crippen LogP contribution in [-0.4, -0.2) is 75.5 Å². The molecule has 1 aromatic carbocycles. The van der Waals surface area contributed by atoms with E-state index < -0.39 is 22.9 Å². The second-order valence-electron chi connectivity index (χ2n) is 12.9. The van der Waals surface area contributed by atoms with Crippen molar-refractivity contribution in [1.82, 2.24) is 14.8 Å². The highest BCUT2D eigenvalue weighted by Gasteiger charge is 2.55. The minimum absolute atomic E-state index is 0.256. The van der Waals surface area contributed by atoms with Crippen molar-refractivity contribution in [3.05, 3.63) is 65.0 Å². The van der Waals surface area contributed by atoms with Gasteiger partial charge in [0, 0.05) is 36.5 Å². The number of aliphatic hydroxyl groups is 2. The Kier molecular flexibility index (Phi) is 7.21. The Labute approximate surface area is 221 Å². The van der Waals surface area contributed by atoms with Gasteiger partial charge in [-0.2, -0.15) is 0 Å². The maximum absolute atomic E-state index is 12.4. The summed E-state index contributed by atoms with van der Waals surface area (Å²) in [6.07, 6.45) is 4.27. The van der Waals surface area contributed by atoms with E-state index in [4.69, 9.17) is 4.74 Å². The Morgan fingerprint density at radius 2 is 1.70 bits per heavy atom. The summed E-state index contributed by atoms with van der Waals surface area (Å²) in [7, 11) is 2.07. The van der Waals surface area contributed by atoms with E-state index in [1.54, 1.807) is 12.4 Å². The first kappa shape index (κ1) is 27.6. The molecular weight excluding hydrogens is 466 g/mol. The van der Waals surface area contributed by atoms with Crippen LogP contribution < -0.4 is 0 Å². The molecule has 0 aliphatic carbocycles. The van der Waals surface area contributed by atoms with Crippen LogP contribution in [0.15, 0.2) is 42.7 Å². The number of carbonyl (C=O) groups excluding carboxylic acids is 1. The smallest absolute Gasteiger partial charge is 0.410 e. The van der Waals surface area contributed by atoms with Crippen LogP contribution in [0, 0.1) is 5.41 Å². The minimum atomic E-state index is -1.20. The molecule has 7 nitrogen and oxygen atoms in total. The van der Waals surface area contributed by atoms with Gasteiger partial charge in [0.2, 0.25) is 0 Å². The van der Waals surface area contributed by atoms with Crippen LogP contribution in [-0.2, 0) is 16.8 Å². The van der Waals surface area contributed by atoms with Gasteiger partial charge in [-0.15, -0.1) is 0 Å². The molecule has 1 atom stereocenters. The first-order valence-electron chi connectivity index (χ1n) is 13.3. The molecule has 2 aliphatic heterocycles. The normalized spacial score (nSPS) is 20.6. The Bertz CT molecular complexity index is 1110. The number of nitrogens with zero attached hydrogens (tertiary/aromatic N) is 3. The second-order valence-corrected chi connectivity index (χ2v) is 12.9. The summed E-state index contributed by atoms with van der Waals surface area (Å²) in [5.41, 5.74) is 0.775. The summed E-state index contributed by atoms with van der Waals surface area (Å²) in [6, 6.07) is 10.3. The third kappa shape index (κ3) is 5.54. The summed E-state index contributed by atoms with van der Waals surface area (Å²) in [5, 5.41) is 23.4. The maximum atomic E-state index is 12.4. The fourth-order valence-corrected chi connectivity index (χ4v) is 5.82. The van der Waals surface area contributed by atoms with Crippen molar-refractivity contribution in [2.45, 2.75) is 77.1 Å². The van der Waals surface area contributed by atoms with Crippen LogP contribution in [0.25, 0.3) is 0 Å². The predicted molar refractivity (Wildman–Crippen MR) is 144 cm³/mol. The van der Waals surface area contributed by atoms with Gasteiger partial charge in [-0.3, -0.25) is 4.98 Å². The largest absolute Gasteiger partial charge is 0.444 e. The zero-order chi connectivity index (χ0) is 27.2. The molecule has 3 heterocycles. The lowest BCUT2D eigenvalue weighted by Gasteiger charge is -2.56. The number of amides is 1. The molecule has 1 aromatic heterocycles. The van der Waals surface area contributed by atoms with Crippen LogP contribution in [0.4, 0.5) is 4.79 Å². The average molecular weight is 510 g/mol. The molecule has 7 heteroatoms. The summed E-state index contributed by atoms with van der Waals surface area (Å²) in [6.45, 7) is 14.0. The molecule has 2 saturated heterocycles. The van der Waals surface area contributed by atoms with Gasteiger partial charge in [-0.05, 0) is 69.3 Å². The number of carbonyl (C=O) groups is 1. The van der Waals surface area contributed by atoms with Crippen molar-refractivity contribution in [2.75, 3.05) is 33.2 Å². The molecule has 202 valence electrons. The van der Waals surface area contributed by atoms with E-state index in [0.717, 1.165) is 29.8 Å². The zero-order valence-electron chi connectivity index (χ0n) is 23.4. The molecule has 4 rings (SSSR count). The van der Waals surface area contributed by atoms with E-state index in [1.165, 1.54) is 10.5 Å². The van der Waals surface area contributed by atoms with Gasteiger partial charge in [0.25, 0.3) is 0 Å². The monoisotopic (exact) mass is 509 g/mol. The summed E-state index contributed by atoms with van der Waals surface area (Å²) in [5.74, 6) is 0.418. The number of hydrogen-bond acceptors (Lipinski definition) is 6. The molecule has 0 radical (unpaired) electrons. The quantitative estimate of drug-likeness (QED) is 0.579. The Morgan fingerprint density at radius 1 is 1.08 bits per heavy atom. The highest BCUT2D eigenvalue weighted by Crippen LogP contribution is 2.50. The SMILES string of the molecule is CC(C)c1ccc(C(O)(c2cncc(CCC3(O)CN(C(=O)OC(C)(C)C)C3)c2)C2(C)CN(C)C2)cc1. The van der Waals surface area contributed by atoms with Gasteiger partial charge >= 0.3 is 6.09 Å². The molecular formula is C30H43N3O4. The van der Waals surface area contributed by atoms with Crippen LogP contribution in [0.1, 0.15) is 76.1 Å². The maximum Gasteiger partial charge on any atom is 0.410 e. The standard InChI is InChI=1S/C30H43N3O4/c1-21(2)23-8-10-24(11-9-23)30(36,28(6)17-32(7)18-28)25-14-22(15-31-16-25)12-13-29(35)19-33(20-29)26(34)37-27(3,4)5/h8-11,14-16,21,35-36H,12-13,17-20H2,1-7H3. The number of rotatable bonds is 7. The average Bonchev–Trinajstić information content (AvgIpc) is 2.78. The van der Waals surface area contributed by atoms with E-state index in [2.05, 4.69) is 49.8 Å². The third-order valence-corrected chi connectivity index (χ3v) is 7.82. The summed E-state index contributed by atoms with van der Waals surface area (Å²) < 4.78 is 5.40. The van der Waals surface area contributed by atoms with Gasteiger partial charge in [0.1, 0.15) is 16.8 Å². The van der Waals surface area contributed by atoms with Crippen molar-refractivity contribution >= 4 is 6.09 Å². The molecule has 37 heavy (non-hydrogen) atoms. The van der Waals surface area contributed by atoms with Crippen LogP contribution in [0.5, 0.6) is 0 Å². The lowest BCUT2D eigenvalue weighted by atomic mass is 9.62. The van der Waals surface area contributed by atoms with Crippen LogP contribution in [0.2, 0.25) is 0 Å². The molecule has 2 N–H and O–H groups in total. The van der Waals surface area contributed by atoms with E-state index in [-0.39, 0.29) is 18.5 Å². The molecule has 0 saturated carbocycles. The van der Waals surface area contributed by atoms with Crippen molar-refractivity contribution in [3.8, 4) is 0 Å². The first-order valence-corrected chi connectivity index (χ1v) is 13.3. The molecule has 1 unspecified atom stereocenters. The van der Waals surface area contributed by atoms with E-state index in [0.29, 0.717) is 18.8 Å². The number of likely N-dealkylation sites (tertiary alicyclic amines) is 2. The van der Waals surface area contributed by atoms with Gasteiger partial charge in [-0.25, -0.2) is 4.79 Å². The molecule has 2 fully saturated rings. The first-order chi connectivity index (χ1) is 17.1.